The molecule has 0 aromatic rings. The van der Waals surface area contributed by atoms with Gasteiger partial charge in [0.1, 0.15) is 0 Å². The highest BCUT2D eigenvalue weighted by Crippen LogP contribution is 2.23. The van der Waals surface area contributed by atoms with E-state index < -0.39 is 11.8 Å². The molecule has 0 saturated carbocycles. The first kappa shape index (κ1) is 10.3. The third-order valence-electron chi connectivity index (χ3n) is 2.34. The maximum atomic E-state index is 10.8. The Bertz CT molecular complexity index is 208. The first-order valence-electron chi connectivity index (χ1n) is 4.34. The normalized spacial score (nSPS) is 34.7. The van der Waals surface area contributed by atoms with Gasteiger partial charge in [-0.1, -0.05) is 6.92 Å². The molecule has 2 unspecified atom stereocenters. The number of morpholine rings is 1. The summed E-state index contributed by atoms with van der Waals surface area (Å²) in [5.74, 6) is 0. The van der Waals surface area contributed by atoms with Gasteiger partial charge < -0.3 is 14.9 Å². The van der Waals surface area contributed by atoms with Crippen LogP contribution in [0.15, 0.2) is 0 Å². The summed E-state index contributed by atoms with van der Waals surface area (Å²) >= 11 is 0. The number of carboxylic acid groups (broad SMARTS) is 1. The number of rotatable bonds is 1. The van der Waals surface area contributed by atoms with Crippen LogP contribution in [0.2, 0.25) is 0 Å². The molecule has 1 fully saturated rings. The molecule has 1 rings (SSSR count). The van der Waals surface area contributed by atoms with Gasteiger partial charge in [-0.2, -0.15) is 0 Å². The lowest BCUT2D eigenvalue weighted by Crippen LogP contribution is -2.60. The summed E-state index contributed by atoms with van der Waals surface area (Å²) in [7, 11) is 0. The number of nitrogens with zero attached hydrogens (tertiary/aromatic N) is 1. The van der Waals surface area contributed by atoms with Crippen LogP contribution in [0.25, 0.3) is 0 Å². The standard InChI is InChI=1S/C8H15NO4/c1-3-8(12)5-13-6(2)4-9(8)7(10)11/h6,12H,3-5H2,1-2H3,(H,10,11). The minimum Gasteiger partial charge on any atom is -0.465 e. The van der Waals surface area contributed by atoms with Crippen molar-refractivity contribution in [3.05, 3.63) is 0 Å². The van der Waals surface area contributed by atoms with Gasteiger partial charge in [0.05, 0.1) is 19.3 Å². The fourth-order valence-corrected chi connectivity index (χ4v) is 1.38. The Hall–Kier alpha value is -0.810. The Kier molecular flexibility index (Phi) is 2.77. The predicted octanol–water partition coefficient (Wildman–Crippen LogP) is 0.484. The van der Waals surface area contributed by atoms with E-state index in [0.29, 0.717) is 6.42 Å². The Morgan fingerprint density at radius 3 is 2.85 bits per heavy atom. The molecule has 1 heterocycles. The van der Waals surface area contributed by atoms with E-state index in [1.54, 1.807) is 13.8 Å². The van der Waals surface area contributed by atoms with Crippen molar-refractivity contribution >= 4 is 6.09 Å². The zero-order valence-electron chi connectivity index (χ0n) is 7.86. The van der Waals surface area contributed by atoms with E-state index in [1.807, 2.05) is 0 Å². The van der Waals surface area contributed by atoms with E-state index in [0.717, 1.165) is 4.90 Å². The molecule has 2 atom stereocenters. The van der Waals surface area contributed by atoms with Gasteiger partial charge in [0, 0.05) is 0 Å². The summed E-state index contributed by atoms with van der Waals surface area (Å²) in [6, 6.07) is 0. The molecular weight excluding hydrogens is 174 g/mol. The number of hydrogen-bond acceptors (Lipinski definition) is 3. The minimum atomic E-state index is -1.35. The second kappa shape index (κ2) is 3.51. The zero-order chi connectivity index (χ0) is 10.1. The van der Waals surface area contributed by atoms with Crippen molar-refractivity contribution in [1.29, 1.82) is 0 Å². The topological polar surface area (TPSA) is 70.0 Å². The van der Waals surface area contributed by atoms with Gasteiger partial charge in [0.15, 0.2) is 5.72 Å². The van der Waals surface area contributed by atoms with Gasteiger partial charge in [0.2, 0.25) is 0 Å². The van der Waals surface area contributed by atoms with E-state index in [4.69, 9.17) is 9.84 Å². The molecule has 0 radical (unpaired) electrons. The van der Waals surface area contributed by atoms with Crippen LogP contribution in [0.1, 0.15) is 20.3 Å². The minimum absolute atomic E-state index is 0.0525. The molecule has 1 aliphatic rings. The summed E-state index contributed by atoms with van der Waals surface area (Å²) in [5.41, 5.74) is -1.35. The van der Waals surface area contributed by atoms with Crippen LogP contribution >= 0.6 is 0 Å². The van der Waals surface area contributed by atoms with Gasteiger partial charge in [0.25, 0.3) is 0 Å². The van der Waals surface area contributed by atoms with E-state index >= 15 is 0 Å². The lowest BCUT2D eigenvalue weighted by atomic mass is 10.1. The van der Waals surface area contributed by atoms with Crippen LogP contribution in [-0.4, -0.2) is 46.2 Å². The Labute approximate surface area is 76.9 Å². The molecule has 0 spiro atoms. The van der Waals surface area contributed by atoms with Gasteiger partial charge in [-0.15, -0.1) is 0 Å². The molecular formula is C8H15NO4. The molecule has 1 amide bonds. The Morgan fingerprint density at radius 2 is 2.38 bits per heavy atom. The summed E-state index contributed by atoms with van der Waals surface area (Å²) in [6.07, 6.45) is -0.908. The van der Waals surface area contributed by atoms with Crippen LogP contribution < -0.4 is 0 Å². The summed E-state index contributed by atoms with van der Waals surface area (Å²) in [4.78, 5) is 11.8. The van der Waals surface area contributed by atoms with Gasteiger partial charge in [-0.05, 0) is 13.3 Å². The predicted molar refractivity (Wildman–Crippen MR) is 45.4 cm³/mol. The van der Waals surface area contributed by atoms with Crippen molar-refractivity contribution < 1.29 is 19.7 Å². The van der Waals surface area contributed by atoms with Crippen LogP contribution in [0.3, 0.4) is 0 Å². The molecule has 0 aromatic carbocycles. The average molecular weight is 189 g/mol. The van der Waals surface area contributed by atoms with E-state index in [1.165, 1.54) is 0 Å². The second-order valence-corrected chi connectivity index (χ2v) is 3.35. The second-order valence-electron chi connectivity index (χ2n) is 3.35. The first-order valence-corrected chi connectivity index (χ1v) is 4.34. The number of carbonyl (C=O) groups is 1. The molecule has 0 aliphatic carbocycles. The van der Waals surface area contributed by atoms with Crippen LogP contribution in [0, 0.1) is 0 Å². The smallest absolute Gasteiger partial charge is 0.409 e. The maximum Gasteiger partial charge on any atom is 0.409 e. The van der Waals surface area contributed by atoms with E-state index in [2.05, 4.69) is 0 Å². The quantitative estimate of drug-likeness (QED) is 0.629. The summed E-state index contributed by atoms with van der Waals surface area (Å²) in [5, 5.41) is 18.7. The Balaban J connectivity index is 2.77. The molecule has 76 valence electrons. The maximum absolute atomic E-state index is 10.8. The number of hydrogen-bond donors (Lipinski definition) is 2. The fourth-order valence-electron chi connectivity index (χ4n) is 1.38. The van der Waals surface area contributed by atoms with Crippen molar-refractivity contribution in [2.24, 2.45) is 0 Å². The third kappa shape index (κ3) is 1.92. The van der Waals surface area contributed by atoms with Crippen molar-refractivity contribution in [2.45, 2.75) is 32.1 Å². The molecule has 1 saturated heterocycles. The molecule has 13 heavy (non-hydrogen) atoms. The van der Waals surface area contributed by atoms with Crippen LogP contribution in [0.4, 0.5) is 4.79 Å². The van der Waals surface area contributed by atoms with E-state index in [9.17, 15) is 9.90 Å². The lowest BCUT2D eigenvalue weighted by Gasteiger charge is -2.42. The SMILES string of the molecule is CCC1(O)COC(C)CN1C(=O)O. The highest BCUT2D eigenvalue weighted by Gasteiger charge is 2.41. The molecule has 2 N–H and O–H groups in total. The number of amides is 1. The van der Waals surface area contributed by atoms with Crippen molar-refractivity contribution in [1.82, 2.24) is 4.90 Å². The van der Waals surface area contributed by atoms with Crippen molar-refractivity contribution in [3.8, 4) is 0 Å². The van der Waals surface area contributed by atoms with Gasteiger partial charge in [-0.25, -0.2) is 4.79 Å². The number of ether oxygens (including phenoxy) is 1. The van der Waals surface area contributed by atoms with Gasteiger partial charge in [-0.3, -0.25) is 4.90 Å². The zero-order valence-corrected chi connectivity index (χ0v) is 7.86. The monoisotopic (exact) mass is 189 g/mol. The highest BCUT2D eigenvalue weighted by molar-refractivity contribution is 5.66. The highest BCUT2D eigenvalue weighted by atomic mass is 16.5. The van der Waals surface area contributed by atoms with Crippen LogP contribution in [-0.2, 0) is 4.74 Å². The van der Waals surface area contributed by atoms with E-state index in [-0.39, 0.29) is 19.3 Å². The third-order valence-corrected chi connectivity index (χ3v) is 2.34. The number of aliphatic hydroxyl groups is 1. The lowest BCUT2D eigenvalue weighted by molar-refractivity contribution is -0.194. The van der Waals surface area contributed by atoms with Crippen molar-refractivity contribution in [2.75, 3.05) is 13.2 Å². The van der Waals surface area contributed by atoms with Crippen molar-refractivity contribution in [3.63, 3.8) is 0 Å². The molecule has 5 nitrogen and oxygen atoms in total. The largest absolute Gasteiger partial charge is 0.465 e. The average Bonchev–Trinajstić information content (AvgIpc) is 2.09. The molecule has 1 aliphatic heterocycles. The van der Waals surface area contributed by atoms with Crippen LogP contribution in [0.5, 0.6) is 0 Å². The summed E-state index contributed by atoms with van der Waals surface area (Å²) in [6.45, 7) is 3.79. The first-order chi connectivity index (χ1) is 5.99. The molecule has 5 heteroatoms. The summed E-state index contributed by atoms with van der Waals surface area (Å²) < 4.78 is 5.21. The van der Waals surface area contributed by atoms with Gasteiger partial charge >= 0.3 is 6.09 Å². The fraction of sp³-hybridized carbons (Fsp3) is 0.875. The molecule has 0 aromatic heterocycles. The molecule has 0 bridgehead atoms. The Morgan fingerprint density at radius 1 is 1.77 bits per heavy atom.